The normalized spacial score (nSPS) is 15.3. The van der Waals surface area contributed by atoms with E-state index in [4.69, 9.17) is 23.2 Å². The van der Waals surface area contributed by atoms with Gasteiger partial charge in [0.1, 0.15) is 5.69 Å². The molecule has 2 N–H and O–H groups in total. The zero-order valence-electron chi connectivity index (χ0n) is 15.1. The monoisotopic (exact) mass is 451 g/mol. The van der Waals surface area contributed by atoms with Crippen LogP contribution < -0.4 is 5.32 Å². The van der Waals surface area contributed by atoms with Crippen LogP contribution in [0.3, 0.4) is 0 Å². The summed E-state index contributed by atoms with van der Waals surface area (Å²) in [6, 6.07) is 6.28. The summed E-state index contributed by atoms with van der Waals surface area (Å²) >= 11 is 12.8. The molecular weight excluding hydrogens is 437 g/mol. The van der Waals surface area contributed by atoms with E-state index in [1.165, 1.54) is 25.3 Å². The molecule has 0 atom stereocenters. The summed E-state index contributed by atoms with van der Waals surface area (Å²) in [6.45, 7) is 1.48. The molecule has 0 saturated carbocycles. The molecule has 150 valence electrons. The van der Waals surface area contributed by atoms with Crippen LogP contribution in [0.15, 0.2) is 35.4 Å². The lowest BCUT2D eigenvalue weighted by atomic mass is 10.2. The highest BCUT2D eigenvalue weighted by Gasteiger charge is 2.34. The lowest BCUT2D eigenvalue weighted by Gasteiger charge is -2.12. The molecule has 1 saturated heterocycles. The SMILES string of the molecule is CC(=O)c1c[nH]c(C(=O)NCCN2C(=O)S/C(=C\c3ccc(Cl)cc3Cl)C2=O)c1. The number of ketones is 1. The third-order valence-corrected chi connectivity index (χ3v) is 5.55. The number of thioether (sulfide) groups is 1. The van der Waals surface area contributed by atoms with Crippen molar-refractivity contribution in [2.24, 2.45) is 0 Å². The van der Waals surface area contributed by atoms with Gasteiger partial charge in [0.25, 0.3) is 17.1 Å². The fourth-order valence-electron chi connectivity index (χ4n) is 2.56. The summed E-state index contributed by atoms with van der Waals surface area (Å²) < 4.78 is 0. The van der Waals surface area contributed by atoms with Crippen LogP contribution >= 0.6 is 35.0 Å². The topological polar surface area (TPSA) is 99.3 Å². The minimum atomic E-state index is -0.459. The van der Waals surface area contributed by atoms with Gasteiger partial charge in [0.2, 0.25) is 0 Å². The predicted molar refractivity (Wildman–Crippen MR) is 112 cm³/mol. The Morgan fingerprint density at radius 3 is 2.66 bits per heavy atom. The molecule has 10 heteroatoms. The molecule has 3 amide bonds. The second-order valence-corrected chi connectivity index (χ2v) is 7.95. The average Bonchev–Trinajstić information content (AvgIpc) is 3.25. The number of carbonyl (C=O) groups excluding carboxylic acids is 4. The number of carbonyl (C=O) groups is 4. The smallest absolute Gasteiger partial charge is 0.293 e. The Bertz CT molecular complexity index is 1050. The van der Waals surface area contributed by atoms with E-state index in [2.05, 4.69) is 10.3 Å². The molecule has 2 aromatic rings. The molecule has 1 fully saturated rings. The van der Waals surface area contributed by atoms with Crippen LogP contribution in [0, 0.1) is 0 Å². The molecule has 1 aromatic carbocycles. The second kappa shape index (κ2) is 8.86. The first-order valence-electron chi connectivity index (χ1n) is 8.44. The van der Waals surface area contributed by atoms with Crippen molar-refractivity contribution >= 4 is 63.9 Å². The maximum atomic E-state index is 12.5. The molecule has 0 spiro atoms. The van der Waals surface area contributed by atoms with Crippen molar-refractivity contribution in [3.8, 4) is 0 Å². The molecule has 1 aliphatic rings. The van der Waals surface area contributed by atoms with Gasteiger partial charge >= 0.3 is 0 Å². The van der Waals surface area contributed by atoms with Crippen LogP contribution in [0.4, 0.5) is 4.79 Å². The third kappa shape index (κ3) is 4.90. The van der Waals surface area contributed by atoms with Crippen LogP contribution in [-0.4, -0.2) is 45.8 Å². The highest BCUT2D eigenvalue weighted by molar-refractivity contribution is 8.18. The van der Waals surface area contributed by atoms with Gasteiger partial charge in [-0.3, -0.25) is 24.1 Å². The number of amides is 3. The Labute approximate surface area is 180 Å². The summed E-state index contributed by atoms with van der Waals surface area (Å²) in [5.41, 5.74) is 1.19. The summed E-state index contributed by atoms with van der Waals surface area (Å²) in [7, 11) is 0. The van der Waals surface area contributed by atoms with Crippen LogP contribution in [0.25, 0.3) is 6.08 Å². The van der Waals surface area contributed by atoms with Gasteiger partial charge in [0, 0.05) is 34.9 Å². The summed E-state index contributed by atoms with van der Waals surface area (Å²) in [5.74, 6) is -1.06. The van der Waals surface area contributed by atoms with E-state index in [1.54, 1.807) is 18.2 Å². The fraction of sp³-hybridized carbons (Fsp3) is 0.158. The second-order valence-electron chi connectivity index (χ2n) is 6.11. The Kier molecular flexibility index (Phi) is 6.46. The van der Waals surface area contributed by atoms with E-state index in [0.717, 1.165) is 16.7 Å². The average molecular weight is 452 g/mol. The molecule has 3 rings (SSSR count). The molecule has 0 bridgehead atoms. The van der Waals surface area contributed by atoms with Gasteiger partial charge in [-0.2, -0.15) is 0 Å². The Balaban J connectivity index is 1.60. The number of nitrogens with zero attached hydrogens (tertiary/aromatic N) is 1. The maximum absolute atomic E-state index is 12.5. The molecule has 7 nitrogen and oxygen atoms in total. The van der Waals surface area contributed by atoms with E-state index in [9.17, 15) is 19.2 Å². The third-order valence-electron chi connectivity index (χ3n) is 4.08. The van der Waals surface area contributed by atoms with Crippen molar-refractivity contribution in [3.05, 3.63) is 62.2 Å². The summed E-state index contributed by atoms with van der Waals surface area (Å²) in [5, 5.41) is 3.01. The molecule has 0 radical (unpaired) electrons. The van der Waals surface area contributed by atoms with Crippen LogP contribution in [0.1, 0.15) is 33.3 Å². The number of aromatic amines is 1. The van der Waals surface area contributed by atoms with E-state index >= 15 is 0 Å². The highest BCUT2D eigenvalue weighted by Crippen LogP contribution is 2.33. The minimum Gasteiger partial charge on any atom is -0.356 e. The van der Waals surface area contributed by atoms with Gasteiger partial charge in [-0.25, -0.2) is 0 Å². The van der Waals surface area contributed by atoms with Crippen molar-refractivity contribution in [1.82, 2.24) is 15.2 Å². The van der Waals surface area contributed by atoms with Crippen LogP contribution in [0.5, 0.6) is 0 Å². The molecule has 1 aromatic heterocycles. The minimum absolute atomic E-state index is 0.0162. The number of nitrogens with one attached hydrogen (secondary N) is 2. The van der Waals surface area contributed by atoms with Gasteiger partial charge in [-0.15, -0.1) is 0 Å². The van der Waals surface area contributed by atoms with Crippen molar-refractivity contribution in [2.45, 2.75) is 6.92 Å². The number of Topliss-reactive ketones (excluding diaryl/α,β-unsaturated/α-hetero) is 1. The number of rotatable bonds is 6. The molecule has 0 aliphatic carbocycles. The van der Waals surface area contributed by atoms with Gasteiger partial charge in [-0.1, -0.05) is 29.3 Å². The van der Waals surface area contributed by atoms with Crippen molar-refractivity contribution < 1.29 is 19.2 Å². The van der Waals surface area contributed by atoms with Gasteiger partial charge in [0.15, 0.2) is 5.78 Å². The summed E-state index contributed by atoms with van der Waals surface area (Å²) in [6.07, 6.45) is 2.98. The van der Waals surface area contributed by atoms with Crippen LogP contribution in [-0.2, 0) is 4.79 Å². The Hall–Kier alpha value is -2.55. The maximum Gasteiger partial charge on any atom is 0.293 e. The van der Waals surface area contributed by atoms with Crippen molar-refractivity contribution in [3.63, 3.8) is 0 Å². The summed E-state index contributed by atoms with van der Waals surface area (Å²) in [4.78, 5) is 52.1. The Morgan fingerprint density at radius 2 is 2.00 bits per heavy atom. The first kappa shape index (κ1) is 21.2. The molecule has 29 heavy (non-hydrogen) atoms. The predicted octanol–water partition coefficient (Wildman–Crippen LogP) is 3.99. The van der Waals surface area contributed by atoms with E-state index in [1.807, 2.05) is 0 Å². The largest absolute Gasteiger partial charge is 0.356 e. The van der Waals surface area contributed by atoms with Crippen molar-refractivity contribution in [1.29, 1.82) is 0 Å². The fourth-order valence-corrected chi connectivity index (χ4v) is 3.88. The lowest BCUT2D eigenvalue weighted by Crippen LogP contribution is -2.37. The number of imide groups is 1. The number of hydrogen-bond acceptors (Lipinski definition) is 5. The number of benzene rings is 1. The van der Waals surface area contributed by atoms with Gasteiger partial charge < -0.3 is 10.3 Å². The first-order valence-corrected chi connectivity index (χ1v) is 10.0. The zero-order valence-corrected chi connectivity index (χ0v) is 17.5. The van der Waals surface area contributed by atoms with Crippen molar-refractivity contribution in [2.75, 3.05) is 13.1 Å². The first-order chi connectivity index (χ1) is 13.8. The van der Waals surface area contributed by atoms with E-state index in [-0.39, 0.29) is 29.5 Å². The molecule has 0 unspecified atom stereocenters. The quantitative estimate of drug-likeness (QED) is 0.510. The van der Waals surface area contributed by atoms with Crippen LogP contribution in [0.2, 0.25) is 10.0 Å². The Morgan fingerprint density at radius 1 is 1.24 bits per heavy atom. The van der Waals surface area contributed by atoms with Gasteiger partial charge in [-0.05, 0) is 48.5 Å². The zero-order chi connectivity index (χ0) is 21.1. The van der Waals surface area contributed by atoms with E-state index < -0.39 is 17.1 Å². The molecule has 1 aliphatic heterocycles. The number of hydrogen-bond donors (Lipinski definition) is 2. The standard InChI is InChI=1S/C19H15Cl2N3O4S/c1-10(25)12-6-15(23-9-12)17(26)22-4-5-24-18(27)16(29-19(24)28)7-11-2-3-13(20)8-14(11)21/h2-3,6-9,23H,4-5H2,1H3,(H,22,26)/b16-7-. The number of halogens is 2. The number of aromatic nitrogens is 1. The van der Waals surface area contributed by atoms with Gasteiger partial charge in [0.05, 0.1) is 4.91 Å². The lowest BCUT2D eigenvalue weighted by molar-refractivity contribution is -0.122. The molecular formula is C19H15Cl2N3O4S. The number of H-pyrrole nitrogens is 1. The highest BCUT2D eigenvalue weighted by atomic mass is 35.5. The molecule has 2 heterocycles. The van der Waals surface area contributed by atoms with E-state index in [0.29, 0.717) is 21.2 Å².